The number of rotatable bonds is 6. The van der Waals surface area contributed by atoms with Crippen molar-refractivity contribution in [2.75, 3.05) is 24.6 Å². The van der Waals surface area contributed by atoms with Crippen molar-refractivity contribution in [3.63, 3.8) is 0 Å². The van der Waals surface area contributed by atoms with E-state index in [9.17, 15) is 9.59 Å². The van der Waals surface area contributed by atoms with Gasteiger partial charge in [-0.2, -0.15) is 0 Å². The maximum atomic E-state index is 12.0. The van der Waals surface area contributed by atoms with Crippen LogP contribution in [0.3, 0.4) is 0 Å². The average molecular weight is 304 g/mol. The second-order valence-corrected chi connectivity index (χ2v) is 6.11. The lowest BCUT2D eigenvalue weighted by Crippen LogP contribution is -2.39. The van der Waals surface area contributed by atoms with Gasteiger partial charge in [0.2, 0.25) is 5.91 Å². The third-order valence-electron chi connectivity index (χ3n) is 3.55. The predicted molar refractivity (Wildman–Crippen MR) is 86.1 cm³/mol. The van der Waals surface area contributed by atoms with Gasteiger partial charge in [-0.1, -0.05) is 19.9 Å². The highest BCUT2D eigenvalue weighted by Crippen LogP contribution is 2.32. The molecule has 2 amide bonds. The Bertz CT molecular complexity index is 555. The van der Waals surface area contributed by atoms with Gasteiger partial charge >= 0.3 is 0 Å². The first kappa shape index (κ1) is 16.3. The lowest BCUT2D eigenvalue weighted by atomic mass is 10.1. The summed E-state index contributed by atoms with van der Waals surface area (Å²) in [6, 6.07) is 5.80. The number of anilines is 1. The zero-order chi connectivity index (χ0) is 16.1. The fourth-order valence-electron chi connectivity index (χ4n) is 2.36. The van der Waals surface area contributed by atoms with Crippen molar-refractivity contribution in [3.8, 4) is 5.75 Å². The normalized spacial score (nSPS) is 13.8. The van der Waals surface area contributed by atoms with Crippen LogP contribution in [0, 0.1) is 12.8 Å². The molecule has 1 heterocycles. The second-order valence-electron chi connectivity index (χ2n) is 6.11. The molecule has 0 spiro atoms. The van der Waals surface area contributed by atoms with E-state index in [0.717, 1.165) is 17.0 Å². The third-order valence-corrected chi connectivity index (χ3v) is 3.55. The summed E-state index contributed by atoms with van der Waals surface area (Å²) in [5.74, 6) is 1.17. The largest absolute Gasteiger partial charge is 0.482 e. The van der Waals surface area contributed by atoms with Gasteiger partial charge in [0.1, 0.15) is 5.75 Å². The molecule has 5 nitrogen and oxygen atoms in total. The van der Waals surface area contributed by atoms with Crippen molar-refractivity contribution in [2.45, 2.75) is 33.6 Å². The van der Waals surface area contributed by atoms with E-state index >= 15 is 0 Å². The molecule has 120 valence electrons. The number of hydrogen-bond donors (Lipinski definition) is 1. The fraction of sp³-hybridized carbons (Fsp3) is 0.529. The van der Waals surface area contributed by atoms with E-state index < -0.39 is 0 Å². The van der Waals surface area contributed by atoms with Crippen molar-refractivity contribution in [1.29, 1.82) is 0 Å². The maximum Gasteiger partial charge on any atom is 0.265 e. The lowest BCUT2D eigenvalue weighted by Gasteiger charge is -2.29. The number of amides is 2. The van der Waals surface area contributed by atoms with Gasteiger partial charge in [-0.05, 0) is 37.0 Å². The van der Waals surface area contributed by atoms with E-state index in [4.69, 9.17) is 4.74 Å². The Labute approximate surface area is 131 Å². The monoisotopic (exact) mass is 304 g/mol. The molecular formula is C17H24N2O3. The first-order chi connectivity index (χ1) is 10.5. The van der Waals surface area contributed by atoms with Crippen molar-refractivity contribution < 1.29 is 14.3 Å². The summed E-state index contributed by atoms with van der Waals surface area (Å²) in [5, 5.41) is 2.89. The van der Waals surface area contributed by atoms with Crippen LogP contribution in [0.4, 0.5) is 5.69 Å². The van der Waals surface area contributed by atoms with Gasteiger partial charge in [0, 0.05) is 19.5 Å². The number of aryl methyl sites for hydroxylation is 1. The van der Waals surface area contributed by atoms with Crippen LogP contribution in [0.1, 0.15) is 32.3 Å². The van der Waals surface area contributed by atoms with Crippen molar-refractivity contribution in [1.82, 2.24) is 5.32 Å². The van der Waals surface area contributed by atoms with Crippen LogP contribution in [-0.2, 0) is 9.59 Å². The average Bonchev–Trinajstić information content (AvgIpc) is 2.47. The fourth-order valence-corrected chi connectivity index (χ4v) is 2.36. The number of carbonyl (C=O) groups excluding carboxylic acids is 2. The first-order valence-corrected chi connectivity index (χ1v) is 7.78. The van der Waals surface area contributed by atoms with Crippen LogP contribution in [0.2, 0.25) is 0 Å². The van der Waals surface area contributed by atoms with Crippen molar-refractivity contribution >= 4 is 17.5 Å². The quantitative estimate of drug-likeness (QED) is 0.877. The van der Waals surface area contributed by atoms with Crippen LogP contribution < -0.4 is 15.0 Å². The Morgan fingerprint density at radius 3 is 2.91 bits per heavy atom. The van der Waals surface area contributed by atoms with Gasteiger partial charge < -0.3 is 15.0 Å². The molecule has 1 aliphatic heterocycles. The Hall–Kier alpha value is -2.04. The number of nitrogens with one attached hydrogen (secondary N) is 1. The molecule has 5 heteroatoms. The molecule has 1 N–H and O–H groups in total. The first-order valence-electron chi connectivity index (χ1n) is 7.78. The van der Waals surface area contributed by atoms with Gasteiger partial charge in [0.15, 0.2) is 6.61 Å². The number of benzene rings is 1. The van der Waals surface area contributed by atoms with Crippen LogP contribution in [0.25, 0.3) is 0 Å². The molecule has 0 atom stereocenters. The topological polar surface area (TPSA) is 58.6 Å². The zero-order valence-corrected chi connectivity index (χ0v) is 13.5. The molecule has 1 aromatic rings. The Morgan fingerprint density at radius 2 is 2.18 bits per heavy atom. The molecular weight excluding hydrogens is 280 g/mol. The molecule has 0 radical (unpaired) electrons. The summed E-state index contributed by atoms with van der Waals surface area (Å²) in [5.41, 5.74) is 1.89. The van der Waals surface area contributed by atoms with E-state index in [2.05, 4.69) is 19.2 Å². The molecule has 0 aliphatic carbocycles. The highest BCUT2D eigenvalue weighted by Gasteiger charge is 2.25. The minimum atomic E-state index is -0.0565. The number of hydrogen-bond acceptors (Lipinski definition) is 3. The summed E-state index contributed by atoms with van der Waals surface area (Å²) >= 11 is 0. The molecule has 0 aromatic heterocycles. The molecule has 2 rings (SSSR count). The molecule has 1 aliphatic rings. The lowest BCUT2D eigenvalue weighted by molar-refractivity contribution is -0.122. The highest BCUT2D eigenvalue weighted by atomic mass is 16.5. The summed E-state index contributed by atoms with van der Waals surface area (Å²) in [6.45, 7) is 7.40. The predicted octanol–water partition coefficient (Wildman–Crippen LogP) is 2.27. The highest BCUT2D eigenvalue weighted by molar-refractivity contribution is 5.97. The van der Waals surface area contributed by atoms with E-state index in [1.165, 1.54) is 0 Å². The van der Waals surface area contributed by atoms with Crippen molar-refractivity contribution in [3.05, 3.63) is 23.8 Å². The second kappa shape index (κ2) is 7.29. The van der Waals surface area contributed by atoms with Gasteiger partial charge in [-0.15, -0.1) is 0 Å². The Morgan fingerprint density at radius 1 is 1.41 bits per heavy atom. The zero-order valence-electron chi connectivity index (χ0n) is 13.5. The molecule has 0 unspecified atom stereocenters. The summed E-state index contributed by atoms with van der Waals surface area (Å²) in [4.78, 5) is 25.5. The third kappa shape index (κ3) is 4.23. The van der Waals surface area contributed by atoms with Gasteiger partial charge in [0.25, 0.3) is 5.91 Å². The van der Waals surface area contributed by atoms with Crippen molar-refractivity contribution in [2.24, 2.45) is 5.92 Å². The van der Waals surface area contributed by atoms with Crippen LogP contribution >= 0.6 is 0 Å². The number of carbonyl (C=O) groups is 2. The standard InChI is InChI=1S/C17H24N2O3/c1-12(2)10-18-16(20)5-4-8-19-14-7-6-13(3)9-15(14)22-11-17(19)21/h6-7,9,12H,4-5,8,10-11H2,1-3H3,(H,18,20). The number of nitrogens with zero attached hydrogens (tertiary/aromatic N) is 1. The molecule has 0 fully saturated rings. The minimum absolute atomic E-state index is 0.0403. The van der Waals surface area contributed by atoms with Crippen LogP contribution in [0.5, 0.6) is 5.75 Å². The molecule has 0 saturated carbocycles. The smallest absolute Gasteiger partial charge is 0.265 e. The maximum absolute atomic E-state index is 12.0. The minimum Gasteiger partial charge on any atom is -0.482 e. The molecule has 0 saturated heterocycles. The molecule has 1 aromatic carbocycles. The Balaban J connectivity index is 1.90. The van der Waals surface area contributed by atoms with E-state index in [1.807, 2.05) is 25.1 Å². The summed E-state index contributed by atoms with van der Waals surface area (Å²) in [6.07, 6.45) is 1.07. The van der Waals surface area contributed by atoms with Crippen LogP contribution in [0.15, 0.2) is 18.2 Å². The number of ether oxygens (including phenoxy) is 1. The van der Waals surface area contributed by atoms with Gasteiger partial charge in [-0.25, -0.2) is 0 Å². The van der Waals surface area contributed by atoms with Gasteiger partial charge in [-0.3, -0.25) is 9.59 Å². The van der Waals surface area contributed by atoms with Gasteiger partial charge in [0.05, 0.1) is 5.69 Å². The van der Waals surface area contributed by atoms with E-state index in [1.54, 1.807) is 4.90 Å². The summed E-state index contributed by atoms with van der Waals surface area (Å²) in [7, 11) is 0. The molecule has 22 heavy (non-hydrogen) atoms. The molecule has 0 bridgehead atoms. The van der Waals surface area contributed by atoms with Crippen LogP contribution in [-0.4, -0.2) is 31.5 Å². The Kier molecular flexibility index (Phi) is 5.41. The number of fused-ring (bicyclic) bond motifs is 1. The van der Waals surface area contributed by atoms with E-state index in [-0.39, 0.29) is 18.4 Å². The SMILES string of the molecule is Cc1ccc2c(c1)OCC(=O)N2CCCC(=O)NCC(C)C. The van der Waals surface area contributed by atoms with E-state index in [0.29, 0.717) is 31.8 Å². The summed E-state index contributed by atoms with van der Waals surface area (Å²) < 4.78 is 5.47.